The van der Waals surface area contributed by atoms with Gasteiger partial charge < -0.3 is 9.47 Å². The summed E-state index contributed by atoms with van der Waals surface area (Å²) in [5.41, 5.74) is 5.17. The lowest BCUT2D eigenvalue weighted by Crippen LogP contribution is -2.35. The van der Waals surface area contributed by atoms with Crippen molar-refractivity contribution in [3.8, 4) is 5.75 Å². The first-order chi connectivity index (χ1) is 14.3. The average molecular weight is 388 g/mol. The zero-order valence-corrected chi connectivity index (χ0v) is 17.1. The van der Waals surface area contributed by atoms with Crippen molar-refractivity contribution >= 4 is 0 Å². The van der Waals surface area contributed by atoms with Crippen LogP contribution in [0.1, 0.15) is 35.1 Å². The third kappa shape index (κ3) is 5.47. The Bertz CT molecular complexity index is 886. The van der Waals surface area contributed by atoms with E-state index < -0.39 is 0 Å². The molecule has 0 spiro atoms. The molecule has 3 heteroatoms. The fraction of sp³-hybridized carbons (Fsp3) is 0.308. The van der Waals surface area contributed by atoms with Gasteiger partial charge in [0.25, 0.3) is 0 Å². The summed E-state index contributed by atoms with van der Waals surface area (Å²) in [6.07, 6.45) is 0. The van der Waals surface area contributed by atoms with Crippen molar-refractivity contribution in [2.24, 2.45) is 0 Å². The second kappa shape index (κ2) is 9.73. The first-order valence-corrected chi connectivity index (χ1v) is 10.4. The number of morpholine rings is 1. The number of nitrogens with zero attached hydrogens (tertiary/aromatic N) is 1. The van der Waals surface area contributed by atoms with E-state index in [4.69, 9.17) is 9.47 Å². The summed E-state index contributed by atoms with van der Waals surface area (Å²) in [5.74, 6) is 1.29. The molecule has 1 aliphatic heterocycles. The summed E-state index contributed by atoms with van der Waals surface area (Å²) in [6.45, 7) is 7.49. The van der Waals surface area contributed by atoms with Crippen LogP contribution in [0.15, 0.2) is 78.9 Å². The molecule has 150 valence electrons. The van der Waals surface area contributed by atoms with Crippen LogP contribution in [0, 0.1) is 0 Å². The second-order valence-electron chi connectivity index (χ2n) is 7.70. The molecule has 1 aliphatic rings. The highest BCUT2D eigenvalue weighted by atomic mass is 16.5. The largest absolute Gasteiger partial charge is 0.489 e. The molecule has 1 atom stereocenters. The van der Waals surface area contributed by atoms with Crippen LogP contribution < -0.4 is 4.74 Å². The van der Waals surface area contributed by atoms with Crippen molar-refractivity contribution < 1.29 is 9.47 Å². The van der Waals surface area contributed by atoms with Gasteiger partial charge in [0.15, 0.2) is 0 Å². The highest BCUT2D eigenvalue weighted by Crippen LogP contribution is 2.26. The lowest BCUT2D eigenvalue weighted by Gasteiger charge is -2.26. The summed E-state index contributed by atoms with van der Waals surface area (Å²) < 4.78 is 11.5. The lowest BCUT2D eigenvalue weighted by molar-refractivity contribution is 0.0342. The highest BCUT2D eigenvalue weighted by Gasteiger charge is 2.11. The molecule has 0 aliphatic carbocycles. The zero-order chi connectivity index (χ0) is 19.9. The molecule has 0 radical (unpaired) electrons. The topological polar surface area (TPSA) is 21.7 Å². The van der Waals surface area contributed by atoms with Crippen LogP contribution in [0.5, 0.6) is 5.75 Å². The van der Waals surface area contributed by atoms with Gasteiger partial charge in [0.2, 0.25) is 0 Å². The van der Waals surface area contributed by atoms with E-state index in [0.717, 1.165) is 38.6 Å². The van der Waals surface area contributed by atoms with Gasteiger partial charge in [-0.3, -0.25) is 4.90 Å². The molecule has 0 N–H and O–H groups in total. The molecule has 0 saturated carbocycles. The van der Waals surface area contributed by atoms with Crippen molar-refractivity contribution in [2.45, 2.75) is 26.0 Å². The minimum Gasteiger partial charge on any atom is -0.489 e. The van der Waals surface area contributed by atoms with E-state index in [0.29, 0.717) is 12.5 Å². The van der Waals surface area contributed by atoms with Gasteiger partial charge in [-0.2, -0.15) is 0 Å². The summed E-state index contributed by atoms with van der Waals surface area (Å²) >= 11 is 0. The van der Waals surface area contributed by atoms with Gasteiger partial charge in [0.1, 0.15) is 12.4 Å². The third-order valence-electron chi connectivity index (χ3n) is 5.59. The molecule has 3 aromatic carbocycles. The maximum Gasteiger partial charge on any atom is 0.119 e. The Balaban J connectivity index is 1.33. The first-order valence-electron chi connectivity index (χ1n) is 10.4. The Morgan fingerprint density at radius 2 is 1.52 bits per heavy atom. The lowest BCUT2D eigenvalue weighted by atomic mass is 9.93. The van der Waals surface area contributed by atoms with Crippen LogP contribution in [0.25, 0.3) is 0 Å². The number of hydrogen-bond donors (Lipinski definition) is 0. The Kier molecular flexibility index (Phi) is 6.60. The number of benzene rings is 3. The van der Waals surface area contributed by atoms with Gasteiger partial charge in [0, 0.05) is 25.6 Å². The summed E-state index contributed by atoms with van der Waals surface area (Å²) in [5, 5.41) is 0. The molecular weight excluding hydrogens is 358 g/mol. The van der Waals surface area contributed by atoms with Gasteiger partial charge in [-0.05, 0) is 34.4 Å². The molecular formula is C26H29NO2. The molecule has 0 bridgehead atoms. The molecule has 1 heterocycles. The summed E-state index contributed by atoms with van der Waals surface area (Å²) in [4.78, 5) is 2.44. The minimum absolute atomic E-state index is 0.377. The molecule has 3 aromatic rings. The van der Waals surface area contributed by atoms with Crippen LogP contribution in [0.4, 0.5) is 0 Å². The van der Waals surface area contributed by atoms with Gasteiger partial charge in [0.05, 0.1) is 13.2 Å². The molecule has 4 rings (SSSR count). The molecule has 0 amide bonds. The maximum atomic E-state index is 6.04. The standard InChI is InChI=1S/C26H29NO2/c1-21(24-8-3-2-4-9-24)25-10-12-26(13-11-25)29-20-23-7-5-6-22(18-23)19-27-14-16-28-17-15-27/h2-13,18,21H,14-17,19-20H2,1H3. The predicted molar refractivity (Wildman–Crippen MR) is 117 cm³/mol. The molecule has 1 saturated heterocycles. The number of ether oxygens (including phenoxy) is 2. The van der Waals surface area contributed by atoms with Crippen LogP contribution in [-0.2, 0) is 17.9 Å². The van der Waals surface area contributed by atoms with Crippen LogP contribution >= 0.6 is 0 Å². The third-order valence-corrected chi connectivity index (χ3v) is 5.59. The molecule has 1 fully saturated rings. The van der Waals surface area contributed by atoms with Crippen LogP contribution in [0.3, 0.4) is 0 Å². The van der Waals surface area contributed by atoms with E-state index in [1.807, 2.05) is 0 Å². The summed E-state index contributed by atoms with van der Waals surface area (Å²) in [7, 11) is 0. The molecule has 1 unspecified atom stereocenters. The van der Waals surface area contributed by atoms with Gasteiger partial charge in [-0.1, -0.05) is 73.7 Å². The van der Waals surface area contributed by atoms with Gasteiger partial charge >= 0.3 is 0 Å². The Morgan fingerprint density at radius 3 is 2.28 bits per heavy atom. The van der Waals surface area contributed by atoms with Crippen molar-refractivity contribution in [3.05, 3.63) is 101 Å². The highest BCUT2D eigenvalue weighted by molar-refractivity contribution is 5.35. The Morgan fingerprint density at radius 1 is 0.828 bits per heavy atom. The minimum atomic E-state index is 0.377. The van der Waals surface area contributed by atoms with Crippen LogP contribution in [-0.4, -0.2) is 31.2 Å². The molecule has 0 aromatic heterocycles. The monoisotopic (exact) mass is 387 g/mol. The van der Waals surface area contributed by atoms with E-state index in [1.54, 1.807) is 0 Å². The SMILES string of the molecule is CC(c1ccccc1)c1ccc(OCc2cccc(CN3CCOCC3)c2)cc1. The first kappa shape index (κ1) is 19.7. The van der Waals surface area contributed by atoms with Crippen molar-refractivity contribution in [3.63, 3.8) is 0 Å². The van der Waals surface area contributed by atoms with E-state index in [1.165, 1.54) is 22.3 Å². The quantitative estimate of drug-likeness (QED) is 0.553. The zero-order valence-electron chi connectivity index (χ0n) is 17.1. The van der Waals surface area contributed by atoms with Gasteiger partial charge in [-0.15, -0.1) is 0 Å². The molecule has 3 nitrogen and oxygen atoms in total. The smallest absolute Gasteiger partial charge is 0.119 e. The fourth-order valence-corrected chi connectivity index (χ4v) is 3.79. The Labute approximate surface area is 173 Å². The van der Waals surface area contributed by atoms with E-state index in [-0.39, 0.29) is 0 Å². The maximum absolute atomic E-state index is 6.04. The normalized spacial score (nSPS) is 15.8. The fourth-order valence-electron chi connectivity index (χ4n) is 3.79. The Hall–Kier alpha value is -2.62. The van der Waals surface area contributed by atoms with E-state index >= 15 is 0 Å². The van der Waals surface area contributed by atoms with Crippen molar-refractivity contribution in [2.75, 3.05) is 26.3 Å². The number of hydrogen-bond acceptors (Lipinski definition) is 3. The van der Waals surface area contributed by atoms with Crippen molar-refractivity contribution in [1.29, 1.82) is 0 Å². The summed E-state index contributed by atoms with van der Waals surface area (Å²) in [6, 6.07) is 27.8. The average Bonchev–Trinajstić information content (AvgIpc) is 2.79. The van der Waals surface area contributed by atoms with Gasteiger partial charge in [-0.25, -0.2) is 0 Å². The molecule has 29 heavy (non-hydrogen) atoms. The van der Waals surface area contributed by atoms with Crippen LogP contribution in [0.2, 0.25) is 0 Å². The predicted octanol–water partition coefficient (Wildman–Crippen LogP) is 5.25. The number of rotatable bonds is 7. The van der Waals surface area contributed by atoms with Crippen molar-refractivity contribution in [1.82, 2.24) is 4.90 Å². The van der Waals surface area contributed by atoms with E-state index in [9.17, 15) is 0 Å². The second-order valence-corrected chi connectivity index (χ2v) is 7.70. The van der Waals surface area contributed by atoms with E-state index in [2.05, 4.69) is 90.7 Å².